The number of rotatable bonds is 4. The Morgan fingerprint density at radius 2 is 2.00 bits per heavy atom. The molecule has 0 heterocycles. The third kappa shape index (κ3) is 6.39. The Morgan fingerprint density at radius 3 is 2.41 bits per heavy atom. The summed E-state index contributed by atoms with van der Waals surface area (Å²) in [5.41, 5.74) is 3.92. The molecule has 0 aromatic heterocycles. The van der Waals surface area contributed by atoms with Gasteiger partial charge < -0.3 is 10.5 Å². The number of aliphatic imine (C=N–C) groups is 1. The van der Waals surface area contributed by atoms with Crippen LogP contribution in [0.5, 0.6) is 0 Å². The lowest BCUT2D eigenvalue weighted by Gasteiger charge is -2.05. The maximum atomic E-state index is 12.3. The van der Waals surface area contributed by atoms with Gasteiger partial charge in [-0.25, -0.2) is 4.79 Å². The first kappa shape index (κ1) is 15.2. The van der Waals surface area contributed by atoms with E-state index in [0.29, 0.717) is 6.08 Å². The fourth-order valence-corrected chi connectivity index (χ4v) is 0.834. The summed E-state index contributed by atoms with van der Waals surface area (Å²) in [7, 11) is 1.00. The summed E-state index contributed by atoms with van der Waals surface area (Å²) in [5, 5.41) is 0. The molecule has 0 aliphatic rings. The molecule has 17 heavy (non-hydrogen) atoms. The number of ether oxygens (including phenoxy) is 1. The number of hydrogen-bond acceptors (Lipinski definition) is 4. The van der Waals surface area contributed by atoms with E-state index in [0.717, 1.165) is 19.2 Å². The summed E-state index contributed by atoms with van der Waals surface area (Å²) in [6.45, 7) is 1.79. The second kappa shape index (κ2) is 6.72. The summed E-state index contributed by atoms with van der Waals surface area (Å²) in [5.74, 6) is -0.675. The van der Waals surface area contributed by atoms with E-state index in [2.05, 4.69) is 9.73 Å². The average molecular weight is 250 g/mol. The molecule has 0 bridgehead atoms. The predicted molar refractivity (Wildman–Crippen MR) is 57.5 cm³/mol. The number of allylic oxidation sites excluding steroid dienone is 2. The van der Waals surface area contributed by atoms with Crippen LogP contribution in [-0.2, 0) is 9.53 Å². The molecule has 0 aromatic carbocycles. The standard InChI is InChI=1S/C10H13F3N2O2/c1-3-17-9(16)5-4-7(14)6-8(15-2)10(11,12)13/h4-6H,3,14H2,1-2H3/b5-4+,7-6?,15-8?. The first-order chi connectivity index (χ1) is 7.81. The number of halogens is 3. The molecule has 0 rings (SSSR count). The van der Waals surface area contributed by atoms with Crippen LogP contribution in [0.15, 0.2) is 28.9 Å². The van der Waals surface area contributed by atoms with E-state index in [4.69, 9.17) is 5.73 Å². The Morgan fingerprint density at radius 1 is 1.41 bits per heavy atom. The van der Waals surface area contributed by atoms with E-state index in [-0.39, 0.29) is 12.3 Å². The smallest absolute Gasteiger partial charge is 0.432 e. The zero-order valence-electron chi connectivity index (χ0n) is 9.41. The van der Waals surface area contributed by atoms with Crippen LogP contribution >= 0.6 is 0 Å². The van der Waals surface area contributed by atoms with Gasteiger partial charge in [0.25, 0.3) is 0 Å². The van der Waals surface area contributed by atoms with Gasteiger partial charge in [-0.3, -0.25) is 4.99 Å². The lowest BCUT2D eigenvalue weighted by molar-refractivity contribution is -0.137. The number of nitrogens with two attached hydrogens (primary N) is 1. The lowest BCUT2D eigenvalue weighted by atomic mass is 10.2. The van der Waals surface area contributed by atoms with Gasteiger partial charge in [0.2, 0.25) is 0 Å². The molecule has 0 radical (unpaired) electrons. The largest absolute Gasteiger partial charge is 0.463 e. The maximum Gasteiger partial charge on any atom is 0.432 e. The number of alkyl halides is 3. The van der Waals surface area contributed by atoms with Crippen LogP contribution in [0.3, 0.4) is 0 Å². The van der Waals surface area contributed by atoms with Crippen LogP contribution in [0.1, 0.15) is 6.92 Å². The van der Waals surface area contributed by atoms with E-state index in [1.807, 2.05) is 0 Å². The van der Waals surface area contributed by atoms with Gasteiger partial charge in [-0.2, -0.15) is 13.2 Å². The minimum atomic E-state index is -4.57. The number of carbonyl (C=O) groups is 1. The highest BCUT2D eigenvalue weighted by Gasteiger charge is 2.33. The molecule has 0 aromatic rings. The van der Waals surface area contributed by atoms with Crippen molar-refractivity contribution >= 4 is 11.7 Å². The van der Waals surface area contributed by atoms with Gasteiger partial charge in [0.1, 0.15) is 5.71 Å². The average Bonchev–Trinajstić information content (AvgIpc) is 2.21. The van der Waals surface area contributed by atoms with Crippen molar-refractivity contribution in [3.63, 3.8) is 0 Å². The van der Waals surface area contributed by atoms with Crippen LogP contribution in [-0.4, -0.2) is 31.5 Å². The molecule has 0 unspecified atom stereocenters. The highest BCUT2D eigenvalue weighted by atomic mass is 19.4. The molecular formula is C10H13F3N2O2. The lowest BCUT2D eigenvalue weighted by Crippen LogP contribution is -2.21. The first-order valence-corrected chi connectivity index (χ1v) is 4.67. The van der Waals surface area contributed by atoms with Crippen molar-refractivity contribution in [2.75, 3.05) is 13.7 Å². The molecule has 0 saturated heterocycles. The highest BCUT2D eigenvalue weighted by molar-refractivity contribution is 6.00. The predicted octanol–water partition coefficient (Wildman–Crippen LogP) is 1.58. The minimum Gasteiger partial charge on any atom is -0.463 e. The van der Waals surface area contributed by atoms with Crippen molar-refractivity contribution in [1.82, 2.24) is 0 Å². The second-order valence-corrected chi connectivity index (χ2v) is 2.84. The number of carbonyl (C=O) groups excluding carboxylic acids is 1. The van der Waals surface area contributed by atoms with Crippen molar-refractivity contribution in [2.24, 2.45) is 10.7 Å². The van der Waals surface area contributed by atoms with Crippen molar-refractivity contribution in [3.8, 4) is 0 Å². The molecule has 0 spiro atoms. The Bertz CT molecular complexity index is 357. The maximum absolute atomic E-state index is 12.3. The normalized spacial score (nSPS) is 14.2. The van der Waals surface area contributed by atoms with Crippen LogP contribution in [0.25, 0.3) is 0 Å². The molecule has 0 aliphatic heterocycles. The van der Waals surface area contributed by atoms with Crippen molar-refractivity contribution in [1.29, 1.82) is 0 Å². The summed E-state index contributed by atoms with van der Waals surface area (Å²) < 4.78 is 41.3. The van der Waals surface area contributed by atoms with Gasteiger partial charge in [0.15, 0.2) is 0 Å². The van der Waals surface area contributed by atoms with E-state index >= 15 is 0 Å². The third-order valence-corrected chi connectivity index (χ3v) is 1.53. The van der Waals surface area contributed by atoms with Gasteiger partial charge in [-0.15, -0.1) is 0 Å². The van der Waals surface area contributed by atoms with E-state index in [9.17, 15) is 18.0 Å². The molecule has 0 aliphatic carbocycles. The molecule has 96 valence electrons. The van der Waals surface area contributed by atoms with Crippen LogP contribution in [0.4, 0.5) is 13.2 Å². The molecular weight excluding hydrogens is 237 g/mol. The van der Waals surface area contributed by atoms with Gasteiger partial charge in [-0.1, -0.05) is 0 Å². The van der Waals surface area contributed by atoms with Crippen molar-refractivity contribution in [2.45, 2.75) is 13.1 Å². The fraction of sp³-hybridized carbons (Fsp3) is 0.400. The van der Waals surface area contributed by atoms with Crippen LogP contribution < -0.4 is 5.73 Å². The molecule has 0 saturated carbocycles. The molecule has 0 atom stereocenters. The summed E-state index contributed by atoms with van der Waals surface area (Å²) in [6.07, 6.45) is -1.97. The zero-order chi connectivity index (χ0) is 13.5. The van der Waals surface area contributed by atoms with Gasteiger partial charge in [0, 0.05) is 18.8 Å². The second-order valence-electron chi connectivity index (χ2n) is 2.84. The number of nitrogens with zero attached hydrogens (tertiary/aromatic N) is 1. The van der Waals surface area contributed by atoms with E-state index in [1.54, 1.807) is 6.92 Å². The molecule has 0 amide bonds. The SMILES string of the molecule is CCOC(=O)/C=C/C(N)=CC(=NC)C(F)(F)F. The zero-order valence-corrected chi connectivity index (χ0v) is 9.41. The molecule has 0 fully saturated rings. The van der Waals surface area contributed by atoms with Crippen molar-refractivity contribution in [3.05, 3.63) is 23.9 Å². The van der Waals surface area contributed by atoms with E-state index in [1.165, 1.54) is 0 Å². The molecule has 7 heteroatoms. The molecule has 4 nitrogen and oxygen atoms in total. The number of esters is 1. The highest BCUT2D eigenvalue weighted by Crippen LogP contribution is 2.18. The quantitative estimate of drug-likeness (QED) is 0.356. The summed E-state index contributed by atoms with van der Waals surface area (Å²) in [4.78, 5) is 13.9. The Hall–Kier alpha value is -1.79. The Balaban J connectivity index is 4.71. The van der Waals surface area contributed by atoms with E-state index < -0.39 is 17.9 Å². The van der Waals surface area contributed by atoms with Crippen LogP contribution in [0, 0.1) is 0 Å². The molecule has 2 N–H and O–H groups in total. The van der Waals surface area contributed by atoms with Gasteiger partial charge in [-0.05, 0) is 19.1 Å². The van der Waals surface area contributed by atoms with Gasteiger partial charge >= 0.3 is 12.1 Å². The van der Waals surface area contributed by atoms with Crippen molar-refractivity contribution < 1.29 is 22.7 Å². The summed E-state index contributed by atoms with van der Waals surface area (Å²) >= 11 is 0. The topological polar surface area (TPSA) is 64.7 Å². The van der Waals surface area contributed by atoms with Gasteiger partial charge in [0.05, 0.1) is 6.61 Å². The van der Waals surface area contributed by atoms with Crippen LogP contribution in [0.2, 0.25) is 0 Å². The first-order valence-electron chi connectivity index (χ1n) is 4.67. The fourth-order valence-electron chi connectivity index (χ4n) is 0.834. The third-order valence-electron chi connectivity index (χ3n) is 1.53. The summed E-state index contributed by atoms with van der Waals surface area (Å²) in [6, 6.07) is 0. The Labute approximate surface area is 96.7 Å². The minimum absolute atomic E-state index is 0.178. The number of hydrogen-bond donors (Lipinski definition) is 1. The monoisotopic (exact) mass is 250 g/mol. The Kier molecular flexibility index (Phi) is 6.01.